The van der Waals surface area contributed by atoms with Crippen molar-refractivity contribution >= 4 is 15.9 Å². The summed E-state index contributed by atoms with van der Waals surface area (Å²) in [6.45, 7) is 7.74. The standard InChI is InChI=1S/C21H29N3O3S/c1-5-24(6-2)16-19-11-8-7-10-18(19)15-22-21(25)17-12-9-13-20(14-17)28(26,27)23(3)4/h7-14H,5-6,15-16H2,1-4H3,(H,22,25)/p+1. The molecular formula is C21H30N3O3S+. The third-order valence-electron chi connectivity index (χ3n) is 4.87. The lowest BCUT2D eigenvalue weighted by Gasteiger charge is -2.18. The van der Waals surface area contributed by atoms with Crippen LogP contribution in [-0.2, 0) is 23.1 Å². The zero-order valence-electron chi connectivity index (χ0n) is 17.0. The van der Waals surface area contributed by atoms with E-state index in [1.165, 1.54) is 36.7 Å². The van der Waals surface area contributed by atoms with Crippen LogP contribution in [0.4, 0.5) is 0 Å². The van der Waals surface area contributed by atoms with Crippen molar-refractivity contribution in [2.45, 2.75) is 31.8 Å². The molecule has 6 nitrogen and oxygen atoms in total. The fraction of sp³-hybridized carbons (Fsp3) is 0.381. The number of carbonyl (C=O) groups excluding carboxylic acids is 1. The van der Waals surface area contributed by atoms with Crippen LogP contribution in [0.5, 0.6) is 0 Å². The molecule has 2 aromatic rings. The van der Waals surface area contributed by atoms with Gasteiger partial charge in [0.15, 0.2) is 0 Å². The first-order valence-electron chi connectivity index (χ1n) is 9.50. The molecule has 0 bridgehead atoms. The summed E-state index contributed by atoms with van der Waals surface area (Å²) in [5.74, 6) is -0.291. The molecule has 2 aromatic carbocycles. The first kappa shape index (κ1) is 22.1. The van der Waals surface area contributed by atoms with Gasteiger partial charge in [-0.25, -0.2) is 12.7 Å². The van der Waals surface area contributed by atoms with Crippen molar-refractivity contribution in [2.24, 2.45) is 0 Å². The fourth-order valence-electron chi connectivity index (χ4n) is 2.96. The van der Waals surface area contributed by atoms with Crippen molar-refractivity contribution in [3.8, 4) is 0 Å². The second-order valence-corrected chi connectivity index (χ2v) is 9.05. The van der Waals surface area contributed by atoms with Crippen LogP contribution in [0, 0.1) is 0 Å². The zero-order chi connectivity index (χ0) is 20.7. The Kier molecular flexibility index (Phi) is 7.74. The summed E-state index contributed by atoms with van der Waals surface area (Å²) in [5.41, 5.74) is 2.62. The number of hydrogen-bond donors (Lipinski definition) is 2. The molecule has 0 atom stereocenters. The van der Waals surface area contributed by atoms with E-state index >= 15 is 0 Å². The molecule has 0 radical (unpaired) electrons. The predicted molar refractivity (Wildman–Crippen MR) is 111 cm³/mol. The lowest BCUT2D eigenvalue weighted by atomic mass is 10.1. The van der Waals surface area contributed by atoms with Gasteiger partial charge in [-0.15, -0.1) is 0 Å². The van der Waals surface area contributed by atoms with Crippen LogP contribution in [0.25, 0.3) is 0 Å². The molecule has 0 aromatic heterocycles. The van der Waals surface area contributed by atoms with E-state index in [1.54, 1.807) is 12.1 Å². The molecule has 2 N–H and O–H groups in total. The molecule has 0 fully saturated rings. The number of benzene rings is 2. The van der Waals surface area contributed by atoms with Crippen molar-refractivity contribution in [1.29, 1.82) is 0 Å². The predicted octanol–water partition coefficient (Wildman–Crippen LogP) is 1.29. The monoisotopic (exact) mass is 404 g/mol. The average molecular weight is 405 g/mol. The number of amides is 1. The van der Waals surface area contributed by atoms with E-state index in [4.69, 9.17) is 0 Å². The molecule has 0 aliphatic rings. The van der Waals surface area contributed by atoms with Crippen molar-refractivity contribution in [1.82, 2.24) is 9.62 Å². The van der Waals surface area contributed by atoms with Gasteiger partial charge in [0.1, 0.15) is 6.54 Å². The number of carbonyl (C=O) groups is 1. The Balaban J connectivity index is 2.14. The highest BCUT2D eigenvalue weighted by atomic mass is 32.2. The molecule has 0 heterocycles. The van der Waals surface area contributed by atoms with E-state index in [0.29, 0.717) is 12.1 Å². The van der Waals surface area contributed by atoms with Crippen molar-refractivity contribution in [2.75, 3.05) is 27.2 Å². The molecule has 28 heavy (non-hydrogen) atoms. The highest BCUT2D eigenvalue weighted by molar-refractivity contribution is 7.89. The Morgan fingerprint density at radius 3 is 2.25 bits per heavy atom. The van der Waals surface area contributed by atoms with E-state index in [0.717, 1.165) is 29.5 Å². The number of rotatable bonds is 9. The third-order valence-corrected chi connectivity index (χ3v) is 6.68. The molecule has 152 valence electrons. The molecule has 7 heteroatoms. The maximum absolute atomic E-state index is 12.6. The van der Waals surface area contributed by atoms with E-state index in [9.17, 15) is 13.2 Å². The molecule has 0 aliphatic heterocycles. The van der Waals surface area contributed by atoms with Gasteiger partial charge >= 0.3 is 0 Å². The molecule has 1 amide bonds. The van der Waals surface area contributed by atoms with Crippen molar-refractivity contribution < 1.29 is 18.1 Å². The highest BCUT2D eigenvalue weighted by Crippen LogP contribution is 2.15. The van der Waals surface area contributed by atoms with Crippen LogP contribution < -0.4 is 10.2 Å². The van der Waals surface area contributed by atoms with Gasteiger partial charge in [-0.2, -0.15) is 0 Å². The summed E-state index contributed by atoms with van der Waals surface area (Å²) in [7, 11) is -0.637. The maximum atomic E-state index is 12.6. The van der Waals surface area contributed by atoms with E-state index in [2.05, 4.69) is 25.2 Å². The molecular weight excluding hydrogens is 374 g/mol. The van der Waals surface area contributed by atoms with Crippen LogP contribution in [0.3, 0.4) is 0 Å². The van der Waals surface area contributed by atoms with Crippen molar-refractivity contribution in [3.05, 3.63) is 65.2 Å². The number of sulfonamides is 1. The van der Waals surface area contributed by atoms with Gasteiger partial charge < -0.3 is 10.2 Å². The maximum Gasteiger partial charge on any atom is 0.251 e. The molecule has 0 saturated carbocycles. The summed E-state index contributed by atoms with van der Waals surface area (Å²) in [5, 5.41) is 2.92. The number of quaternary nitrogens is 1. The van der Waals surface area contributed by atoms with E-state index in [1.807, 2.05) is 18.2 Å². The van der Waals surface area contributed by atoms with Gasteiger partial charge in [0.05, 0.1) is 18.0 Å². The average Bonchev–Trinajstić information content (AvgIpc) is 2.70. The van der Waals surface area contributed by atoms with Crippen molar-refractivity contribution in [3.63, 3.8) is 0 Å². The van der Waals surface area contributed by atoms with Gasteiger partial charge in [0.2, 0.25) is 10.0 Å². The molecule has 2 rings (SSSR count). The molecule has 0 unspecified atom stereocenters. The number of hydrogen-bond acceptors (Lipinski definition) is 3. The Bertz CT molecular complexity index is 907. The summed E-state index contributed by atoms with van der Waals surface area (Å²) in [4.78, 5) is 14.2. The smallest absolute Gasteiger partial charge is 0.251 e. The lowest BCUT2D eigenvalue weighted by Crippen LogP contribution is -3.10. The Morgan fingerprint density at radius 1 is 1.00 bits per heavy atom. The van der Waals surface area contributed by atoms with Crippen LogP contribution in [0.2, 0.25) is 0 Å². The number of nitrogens with zero attached hydrogens (tertiary/aromatic N) is 1. The van der Waals surface area contributed by atoms with Gasteiger partial charge in [0, 0.05) is 31.8 Å². The first-order chi connectivity index (χ1) is 13.3. The SMILES string of the molecule is CC[NH+](CC)Cc1ccccc1CNC(=O)c1cccc(S(=O)(=O)N(C)C)c1. The minimum absolute atomic E-state index is 0.107. The topological polar surface area (TPSA) is 70.9 Å². The third kappa shape index (κ3) is 5.41. The van der Waals surface area contributed by atoms with Gasteiger partial charge in [-0.3, -0.25) is 4.79 Å². The summed E-state index contributed by atoms with van der Waals surface area (Å²) < 4.78 is 25.7. The quantitative estimate of drug-likeness (QED) is 0.662. The van der Waals surface area contributed by atoms with E-state index in [-0.39, 0.29) is 10.8 Å². The summed E-state index contributed by atoms with van der Waals surface area (Å²) in [6.07, 6.45) is 0. The normalized spacial score (nSPS) is 11.8. The largest absolute Gasteiger partial charge is 0.348 e. The minimum atomic E-state index is -3.58. The Labute approximate surface area is 168 Å². The van der Waals surface area contributed by atoms with Crippen LogP contribution in [0.1, 0.15) is 35.3 Å². The van der Waals surface area contributed by atoms with Crippen LogP contribution in [0.15, 0.2) is 53.4 Å². The minimum Gasteiger partial charge on any atom is -0.348 e. The van der Waals surface area contributed by atoms with Crippen LogP contribution in [-0.4, -0.2) is 45.8 Å². The molecule has 0 spiro atoms. The zero-order valence-corrected chi connectivity index (χ0v) is 17.8. The van der Waals surface area contributed by atoms with E-state index < -0.39 is 10.0 Å². The second-order valence-electron chi connectivity index (χ2n) is 6.90. The lowest BCUT2D eigenvalue weighted by molar-refractivity contribution is -0.910. The number of nitrogens with one attached hydrogen (secondary N) is 2. The Hall–Kier alpha value is -2.22. The fourth-order valence-corrected chi connectivity index (χ4v) is 3.91. The Morgan fingerprint density at radius 2 is 1.64 bits per heavy atom. The summed E-state index contributed by atoms with van der Waals surface area (Å²) >= 11 is 0. The van der Waals surface area contributed by atoms with Gasteiger partial charge in [-0.1, -0.05) is 30.3 Å². The van der Waals surface area contributed by atoms with Crippen LogP contribution >= 0.6 is 0 Å². The molecule has 0 aliphatic carbocycles. The second kappa shape index (κ2) is 9.82. The van der Waals surface area contributed by atoms with Gasteiger partial charge in [0.25, 0.3) is 5.91 Å². The highest BCUT2D eigenvalue weighted by Gasteiger charge is 2.19. The first-order valence-corrected chi connectivity index (χ1v) is 10.9. The molecule has 0 saturated heterocycles. The summed E-state index contributed by atoms with van der Waals surface area (Å²) in [6, 6.07) is 14.2. The van der Waals surface area contributed by atoms with Gasteiger partial charge in [-0.05, 0) is 37.6 Å².